The summed E-state index contributed by atoms with van der Waals surface area (Å²) < 4.78 is 24.0. The number of ether oxygens (including phenoxy) is 2. The first-order valence-electron chi connectivity index (χ1n) is 6.91. The second-order valence-electron chi connectivity index (χ2n) is 4.75. The van der Waals surface area contributed by atoms with Crippen molar-refractivity contribution in [3.05, 3.63) is 59.4 Å². The van der Waals surface area contributed by atoms with Crippen LogP contribution in [0.2, 0.25) is 0 Å². The minimum absolute atomic E-state index is 0.296. The molecule has 0 bridgehead atoms. The molecule has 0 saturated carbocycles. The van der Waals surface area contributed by atoms with Crippen LogP contribution < -0.4 is 14.8 Å². The lowest BCUT2D eigenvalue weighted by Gasteiger charge is -2.09. The molecular weight excluding hydrogens is 285 g/mol. The number of methoxy groups -OCH3 is 1. The molecule has 0 atom stereocenters. The van der Waals surface area contributed by atoms with Crippen molar-refractivity contribution in [1.82, 2.24) is 5.32 Å². The van der Waals surface area contributed by atoms with Gasteiger partial charge in [-0.2, -0.15) is 0 Å². The summed E-state index contributed by atoms with van der Waals surface area (Å²) in [4.78, 5) is 11.9. The Kier molecular flexibility index (Phi) is 5.36. The van der Waals surface area contributed by atoms with Gasteiger partial charge in [-0.1, -0.05) is 12.1 Å². The standard InChI is InChI=1S/C17H18FNO3/c1-12-6-7-13(10-16(12)18)17(20)19-8-9-22-15-5-3-4-14(11-15)21-2/h3-7,10-11H,8-9H2,1-2H3,(H,19,20). The third kappa shape index (κ3) is 4.22. The maximum absolute atomic E-state index is 13.4. The highest BCUT2D eigenvalue weighted by molar-refractivity contribution is 5.94. The number of hydrogen-bond acceptors (Lipinski definition) is 3. The van der Waals surface area contributed by atoms with Crippen molar-refractivity contribution in [1.29, 1.82) is 0 Å². The number of carbonyl (C=O) groups excluding carboxylic acids is 1. The molecule has 5 heteroatoms. The normalized spacial score (nSPS) is 10.1. The number of hydrogen-bond donors (Lipinski definition) is 1. The number of carbonyl (C=O) groups is 1. The Balaban J connectivity index is 1.80. The van der Waals surface area contributed by atoms with Crippen LogP contribution in [0.1, 0.15) is 15.9 Å². The molecular formula is C17H18FNO3. The van der Waals surface area contributed by atoms with Crippen molar-refractivity contribution in [2.75, 3.05) is 20.3 Å². The molecule has 1 amide bonds. The van der Waals surface area contributed by atoms with Gasteiger partial charge in [-0.15, -0.1) is 0 Å². The van der Waals surface area contributed by atoms with Gasteiger partial charge >= 0.3 is 0 Å². The van der Waals surface area contributed by atoms with Crippen LogP contribution in [-0.2, 0) is 0 Å². The lowest BCUT2D eigenvalue weighted by atomic mass is 10.1. The van der Waals surface area contributed by atoms with E-state index in [9.17, 15) is 9.18 Å². The summed E-state index contributed by atoms with van der Waals surface area (Å²) in [5.74, 6) is 0.653. The Morgan fingerprint density at radius 1 is 1.18 bits per heavy atom. The van der Waals surface area contributed by atoms with E-state index >= 15 is 0 Å². The first-order valence-corrected chi connectivity index (χ1v) is 6.91. The zero-order valence-corrected chi connectivity index (χ0v) is 12.6. The minimum Gasteiger partial charge on any atom is -0.497 e. The van der Waals surface area contributed by atoms with Gasteiger partial charge in [0.15, 0.2) is 0 Å². The highest BCUT2D eigenvalue weighted by Crippen LogP contribution is 2.18. The average Bonchev–Trinajstić information content (AvgIpc) is 2.54. The highest BCUT2D eigenvalue weighted by atomic mass is 19.1. The third-order valence-corrected chi connectivity index (χ3v) is 3.13. The van der Waals surface area contributed by atoms with E-state index < -0.39 is 0 Å². The average molecular weight is 303 g/mol. The predicted octanol–water partition coefficient (Wildman–Crippen LogP) is 2.95. The molecule has 0 heterocycles. The van der Waals surface area contributed by atoms with E-state index in [0.29, 0.717) is 35.8 Å². The van der Waals surface area contributed by atoms with E-state index in [1.807, 2.05) is 12.1 Å². The summed E-state index contributed by atoms with van der Waals surface area (Å²) in [6.07, 6.45) is 0. The van der Waals surface area contributed by atoms with Gasteiger partial charge in [0.2, 0.25) is 0 Å². The Bertz CT molecular complexity index is 658. The van der Waals surface area contributed by atoms with Crippen LogP contribution in [0.3, 0.4) is 0 Å². The SMILES string of the molecule is COc1cccc(OCCNC(=O)c2ccc(C)c(F)c2)c1. The second-order valence-corrected chi connectivity index (χ2v) is 4.75. The molecule has 0 aliphatic carbocycles. The molecule has 0 aliphatic heterocycles. The minimum atomic E-state index is -0.389. The van der Waals surface area contributed by atoms with Gasteiger partial charge < -0.3 is 14.8 Å². The topological polar surface area (TPSA) is 47.6 Å². The molecule has 0 radical (unpaired) electrons. The summed E-state index contributed by atoms with van der Waals surface area (Å²) in [6.45, 7) is 2.29. The monoisotopic (exact) mass is 303 g/mol. The molecule has 0 saturated heterocycles. The van der Waals surface area contributed by atoms with E-state index in [4.69, 9.17) is 9.47 Å². The first kappa shape index (κ1) is 15.8. The molecule has 0 aliphatic rings. The van der Waals surface area contributed by atoms with Crippen molar-refractivity contribution < 1.29 is 18.7 Å². The van der Waals surface area contributed by atoms with Gasteiger partial charge in [0, 0.05) is 11.6 Å². The molecule has 0 aromatic heterocycles. The number of nitrogens with one attached hydrogen (secondary N) is 1. The van der Waals surface area contributed by atoms with E-state index in [1.165, 1.54) is 6.07 Å². The van der Waals surface area contributed by atoms with E-state index in [1.54, 1.807) is 38.3 Å². The van der Waals surface area contributed by atoms with Crippen molar-refractivity contribution in [3.8, 4) is 11.5 Å². The van der Waals surface area contributed by atoms with Gasteiger partial charge in [-0.25, -0.2) is 4.39 Å². The van der Waals surface area contributed by atoms with Crippen molar-refractivity contribution in [3.63, 3.8) is 0 Å². The van der Waals surface area contributed by atoms with Gasteiger partial charge in [-0.3, -0.25) is 4.79 Å². The van der Waals surface area contributed by atoms with Gasteiger partial charge in [-0.05, 0) is 36.8 Å². The summed E-state index contributed by atoms with van der Waals surface area (Å²) in [5, 5.41) is 2.68. The molecule has 1 N–H and O–H groups in total. The van der Waals surface area contributed by atoms with Crippen LogP contribution in [0, 0.1) is 12.7 Å². The maximum atomic E-state index is 13.4. The largest absolute Gasteiger partial charge is 0.497 e. The molecule has 0 spiro atoms. The Labute approximate surface area is 128 Å². The number of benzene rings is 2. The fourth-order valence-corrected chi connectivity index (χ4v) is 1.86. The van der Waals surface area contributed by atoms with E-state index in [2.05, 4.69) is 5.32 Å². The number of aryl methyl sites for hydroxylation is 1. The zero-order valence-electron chi connectivity index (χ0n) is 12.6. The van der Waals surface area contributed by atoms with Crippen LogP contribution in [0.15, 0.2) is 42.5 Å². The number of halogens is 1. The summed E-state index contributed by atoms with van der Waals surface area (Å²) >= 11 is 0. The molecule has 0 unspecified atom stereocenters. The third-order valence-electron chi connectivity index (χ3n) is 3.13. The van der Waals surface area contributed by atoms with Crippen molar-refractivity contribution in [2.24, 2.45) is 0 Å². The molecule has 4 nitrogen and oxygen atoms in total. The van der Waals surface area contributed by atoms with E-state index in [0.717, 1.165) is 0 Å². The summed E-state index contributed by atoms with van der Waals surface area (Å²) in [6, 6.07) is 11.6. The molecule has 2 rings (SSSR count). The fraction of sp³-hybridized carbons (Fsp3) is 0.235. The first-order chi connectivity index (χ1) is 10.6. The molecule has 22 heavy (non-hydrogen) atoms. The van der Waals surface area contributed by atoms with Crippen LogP contribution >= 0.6 is 0 Å². The quantitative estimate of drug-likeness (QED) is 0.835. The lowest BCUT2D eigenvalue weighted by Crippen LogP contribution is -2.28. The Morgan fingerprint density at radius 2 is 1.95 bits per heavy atom. The Morgan fingerprint density at radius 3 is 2.68 bits per heavy atom. The van der Waals surface area contributed by atoms with E-state index in [-0.39, 0.29) is 11.7 Å². The van der Waals surface area contributed by atoms with Crippen LogP contribution in [0.5, 0.6) is 11.5 Å². The van der Waals surface area contributed by atoms with Gasteiger partial charge in [0.1, 0.15) is 23.9 Å². The Hall–Kier alpha value is -2.56. The zero-order chi connectivity index (χ0) is 15.9. The van der Waals surface area contributed by atoms with Crippen LogP contribution in [0.25, 0.3) is 0 Å². The lowest BCUT2D eigenvalue weighted by molar-refractivity contribution is 0.0946. The number of rotatable bonds is 6. The van der Waals surface area contributed by atoms with Crippen LogP contribution in [-0.4, -0.2) is 26.2 Å². The molecule has 116 valence electrons. The smallest absolute Gasteiger partial charge is 0.251 e. The van der Waals surface area contributed by atoms with Gasteiger partial charge in [0.05, 0.1) is 13.7 Å². The van der Waals surface area contributed by atoms with Gasteiger partial charge in [0.25, 0.3) is 5.91 Å². The second kappa shape index (κ2) is 7.45. The fourth-order valence-electron chi connectivity index (χ4n) is 1.86. The predicted molar refractivity (Wildman–Crippen MR) is 82.0 cm³/mol. The summed E-state index contributed by atoms with van der Waals surface area (Å²) in [5.41, 5.74) is 0.808. The maximum Gasteiger partial charge on any atom is 0.251 e. The molecule has 2 aromatic rings. The highest BCUT2D eigenvalue weighted by Gasteiger charge is 2.07. The van der Waals surface area contributed by atoms with Crippen LogP contribution in [0.4, 0.5) is 4.39 Å². The summed E-state index contributed by atoms with van der Waals surface area (Å²) in [7, 11) is 1.58. The van der Waals surface area contributed by atoms with Crippen molar-refractivity contribution in [2.45, 2.75) is 6.92 Å². The number of amides is 1. The van der Waals surface area contributed by atoms with Crippen molar-refractivity contribution >= 4 is 5.91 Å². The molecule has 2 aromatic carbocycles. The molecule has 0 fully saturated rings.